The Balaban J connectivity index is 2.00. The number of benzene rings is 1. The van der Waals surface area contributed by atoms with Gasteiger partial charge < -0.3 is 10.2 Å². The number of thiophene rings is 1. The number of nitrogens with one attached hydrogen (secondary N) is 1. The molecule has 0 amide bonds. The van der Waals surface area contributed by atoms with Gasteiger partial charge in [-0.15, -0.1) is 11.3 Å². The maximum Gasteiger partial charge on any atom is 0.294 e. The lowest BCUT2D eigenvalue weighted by Crippen LogP contribution is -2.09. The number of hydrogen-bond acceptors (Lipinski definition) is 6. The molecule has 3 N–H and O–H groups in total. The number of nitro benzene ring substituents is 1. The standard InChI is InChI=1S/C12H13N3O3S/c13-14-11-4-3-9(6-12(11)15(16)17)7-18-8-10-2-1-5-19-10/h1-6,14H,7-8,13H2. The van der Waals surface area contributed by atoms with Crippen LogP contribution in [0.3, 0.4) is 0 Å². The minimum atomic E-state index is -0.474. The summed E-state index contributed by atoms with van der Waals surface area (Å²) in [5.41, 5.74) is 3.27. The number of nitro groups is 1. The third kappa shape index (κ3) is 3.50. The van der Waals surface area contributed by atoms with E-state index in [-0.39, 0.29) is 11.4 Å². The Kier molecular flexibility index (Phi) is 4.45. The molecule has 1 aromatic carbocycles. The molecule has 0 saturated carbocycles. The first kappa shape index (κ1) is 13.5. The lowest BCUT2D eigenvalue weighted by atomic mass is 10.2. The molecule has 0 aliphatic rings. The largest absolute Gasteiger partial charge is 0.371 e. The normalized spacial score (nSPS) is 10.4. The van der Waals surface area contributed by atoms with Crippen LogP contribution in [-0.2, 0) is 18.0 Å². The van der Waals surface area contributed by atoms with Gasteiger partial charge in [-0.05, 0) is 23.1 Å². The van der Waals surface area contributed by atoms with Crippen LogP contribution in [0.4, 0.5) is 11.4 Å². The average Bonchev–Trinajstić information content (AvgIpc) is 2.91. The summed E-state index contributed by atoms with van der Waals surface area (Å²) in [5.74, 6) is 5.22. The van der Waals surface area contributed by atoms with Crippen molar-refractivity contribution in [2.75, 3.05) is 5.43 Å². The second-order valence-electron chi connectivity index (χ2n) is 3.83. The molecule has 0 radical (unpaired) electrons. The van der Waals surface area contributed by atoms with E-state index in [1.54, 1.807) is 23.5 Å². The predicted octanol–water partition coefficient (Wildman–Crippen LogP) is 2.66. The van der Waals surface area contributed by atoms with E-state index in [2.05, 4.69) is 5.43 Å². The van der Waals surface area contributed by atoms with Crippen molar-refractivity contribution in [3.8, 4) is 0 Å². The summed E-state index contributed by atoms with van der Waals surface area (Å²) < 4.78 is 5.51. The minimum Gasteiger partial charge on any atom is -0.371 e. The van der Waals surface area contributed by atoms with Gasteiger partial charge in [0, 0.05) is 10.9 Å². The molecule has 100 valence electrons. The Morgan fingerprint density at radius 1 is 1.37 bits per heavy atom. The van der Waals surface area contributed by atoms with E-state index in [1.165, 1.54) is 6.07 Å². The molecule has 0 unspecified atom stereocenters. The number of ether oxygens (including phenoxy) is 1. The second-order valence-corrected chi connectivity index (χ2v) is 4.86. The lowest BCUT2D eigenvalue weighted by molar-refractivity contribution is -0.384. The van der Waals surface area contributed by atoms with Gasteiger partial charge in [-0.2, -0.15) is 0 Å². The molecule has 2 rings (SSSR count). The molecule has 0 bridgehead atoms. The van der Waals surface area contributed by atoms with Crippen molar-refractivity contribution in [1.29, 1.82) is 0 Å². The van der Waals surface area contributed by atoms with Crippen molar-refractivity contribution in [3.63, 3.8) is 0 Å². The van der Waals surface area contributed by atoms with E-state index in [4.69, 9.17) is 10.6 Å². The molecule has 19 heavy (non-hydrogen) atoms. The zero-order valence-electron chi connectivity index (χ0n) is 10.0. The fourth-order valence-corrected chi connectivity index (χ4v) is 2.24. The van der Waals surface area contributed by atoms with Crippen molar-refractivity contribution < 1.29 is 9.66 Å². The maximum absolute atomic E-state index is 10.9. The monoisotopic (exact) mass is 279 g/mol. The molecule has 1 heterocycles. The highest BCUT2D eigenvalue weighted by Gasteiger charge is 2.13. The Morgan fingerprint density at radius 2 is 2.21 bits per heavy atom. The van der Waals surface area contributed by atoms with Crippen LogP contribution in [-0.4, -0.2) is 4.92 Å². The van der Waals surface area contributed by atoms with E-state index >= 15 is 0 Å². The summed E-state index contributed by atoms with van der Waals surface area (Å²) in [5, 5.41) is 12.8. The third-order valence-electron chi connectivity index (χ3n) is 2.51. The fraction of sp³-hybridized carbons (Fsp3) is 0.167. The van der Waals surface area contributed by atoms with Crippen molar-refractivity contribution in [2.24, 2.45) is 5.84 Å². The first-order valence-electron chi connectivity index (χ1n) is 5.55. The molecule has 0 aliphatic carbocycles. The van der Waals surface area contributed by atoms with Gasteiger partial charge in [0.2, 0.25) is 0 Å². The summed E-state index contributed by atoms with van der Waals surface area (Å²) >= 11 is 1.61. The third-order valence-corrected chi connectivity index (χ3v) is 3.36. The molecule has 0 spiro atoms. The zero-order valence-corrected chi connectivity index (χ0v) is 10.9. The molecule has 2 aromatic rings. The highest BCUT2D eigenvalue weighted by Crippen LogP contribution is 2.25. The van der Waals surface area contributed by atoms with Crippen LogP contribution in [0.5, 0.6) is 0 Å². The molecule has 0 fully saturated rings. The van der Waals surface area contributed by atoms with Gasteiger partial charge in [0.15, 0.2) is 0 Å². The minimum absolute atomic E-state index is 0.0558. The lowest BCUT2D eigenvalue weighted by Gasteiger charge is -2.06. The number of nitrogens with two attached hydrogens (primary N) is 1. The fourth-order valence-electron chi connectivity index (χ4n) is 1.60. The van der Waals surface area contributed by atoms with Gasteiger partial charge in [-0.1, -0.05) is 12.1 Å². The molecular weight excluding hydrogens is 266 g/mol. The number of hydrazine groups is 1. The predicted molar refractivity (Wildman–Crippen MR) is 73.7 cm³/mol. The number of anilines is 1. The van der Waals surface area contributed by atoms with Gasteiger partial charge in [0.1, 0.15) is 5.69 Å². The number of nitrogen functional groups attached to an aromatic ring is 1. The van der Waals surface area contributed by atoms with E-state index in [0.29, 0.717) is 13.2 Å². The summed E-state index contributed by atoms with van der Waals surface area (Å²) in [6.45, 7) is 0.825. The summed E-state index contributed by atoms with van der Waals surface area (Å²) in [6, 6.07) is 8.71. The topological polar surface area (TPSA) is 90.4 Å². The molecule has 1 aromatic heterocycles. The van der Waals surface area contributed by atoms with Crippen molar-refractivity contribution >= 4 is 22.7 Å². The van der Waals surface area contributed by atoms with Crippen LogP contribution in [0, 0.1) is 10.1 Å². The van der Waals surface area contributed by atoms with Gasteiger partial charge in [-0.25, -0.2) is 0 Å². The van der Waals surface area contributed by atoms with Crippen LogP contribution in [0.15, 0.2) is 35.7 Å². The van der Waals surface area contributed by atoms with Crippen LogP contribution < -0.4 is 11.3 Å². The summed E-state index contributed by atoms with van der Waals surface area (Å²) in [6.07, 6.45) is 0. The Labute approximate surface area is 113 Å². The summed E-state index contributed by atoms with van der Waals surface area (Å²) in [4.78, 5) is 11.5. The van der Waals surface area contributed by atoms with Crippen LogP contribution in [0.1, 0.15) is 10.4 Å². The number of hydrogen-bond donors (Lipinski definition) is 2. The molecular formula is C12H13N3O3S. The Hall–Kier alpha value is -1.96. The van der Waals surface area contributed by atoms with E-state index < -0.39 is 4.92 Å². The van der Waals surface area contributed by atoms with Crippen LogP contribution in [0.2, 0.25) is 0 Å². The Bertz CT molecular complexity index is 557. The first-order valence-corrected chi connectivity index (χ1v) is 6.42. The van der Waals surface area contributed by atoms with Crippen LogP contribution >= 0.6 is 11.3 Å². The molecule has 0 aliphatic heterocycles. The smallest absolute Gasteiger partial charge is 0.294 e. The number of nitrogens with zero attached hydrogens (tertiary/aromatic N) is 1. The van der Waals surface area contributed by atoms with E-state index in [1.807, 2.05) is 17.5 Å². The molecule has 0 atom stereocenters. The van der Waals surface area contributed by atoms with Crippen molar-refractivity contribution in [3.05, 3.63) is 56.3 Å². The molecule has 6 nitrogen and oxygen atoms in total. The average molecular weight is 279 g/mol. The van der Waals surface area contributed by atoms with E-state index in [9.17, 15) is 10.1 Å². The second kappa shape index (κ2) is 6.28. The van der Waals surface area contributed by atoms with E-state index in [0.717, 1.165) is 10.4 Å². The Morgan fingerprint density at radius 3 is 2.84 bits per heavy atom. The molecule has 7 heteroatoms. The number of rotatable bonds is 6. The molecule has 0 saturated heterocycles. The van der Waals surface area contributed by atoms with Gasteiger partial charge >= 0.3 is 0 Å². The highest BCUT2D eigenvalue weighted by atomic mass is 32.1. The van der Waals surface area contributed by atoms with Gasteiger partial charge in [0.05, 0.1) is 18.1 Å². The van der Waals surface area contributed by atoms with Gasteiger partial charge in [0.25, 0.3) is 5.69 Å². The maximum atomic E-state index is 10.9. The SMILES string of the molecule is NNc1ccc(COCc2cccs2)cc1[N+](=O)[O-]. The van der Waals surface area contributed by atoms with Crippen molar-refractivity contribution in [2.45, 2.75) is 13.2 Å². The van der Waals surface area contributed by atoms with Gasteiger partial charge in [-0.3, -0.25) is 16.0 Å². The highest BCUT2D eigenvalue weighted by molar-refractivity contribution is 7.09. The zero-order chi connectivity index (χ0) is 13.7. The van der Waals surface area contributed by atoms with Crippen molar-refractivity contribution in [1.82, 2.24) is 0 Å². The van der Waals surface area contributed by atoms with Crippen LogP contribution in [0.25, 0.3) is 0 Å². The summed E-state index contributed by atoms with van der Waals surface area (Å²) in [7, 11) is 0. The first-order chi connectivity index (χ1) is 9.20. The quantitative estimate of drug-likeness (QED) is 0.482.